The number of benzene rings is 4. The molecule has 0 saturated carbocycles. The minimum absolute atomic E-state index is 0.0752. The Morgan fingerprint density at radius 2 is 1.34 bits per heavy atom. The molecular weight excluding hydrogens is 456 g/mol. The molecule has 1 aliphatic rings. The third-order valence-electron chi connectivity index (χ3n) is 5.71. The number of hydrogen-bond acceptors (Lipinski definition) is 5. The Hall–Kier alpha value is -4.72. The zero-order valence-corrected chi connectivity index (χ0v) is 18.0. The number of imide groups is 1. The minimum atomic E-state index is -1.18. The maximum Gasteiger partial charge on any atom is 0.338 e. The highest BCUT2D eigenvalue weighted by Gasteiger charge is 2.33. The van der Waals surface area contributed by atoms with E-state index in [2.05, 4.69) is 0 Å². The summed E-state index contributed by atoms with van der Waals surface area (Å²) in [6.07, 6.45) is 0. The van der Waals surface area contributed by atoms with Gasteiger partial charge in [0.2, 0.25) is 0 Å². The number of rotatable bonds is 5. The fraction of sp³-hybridized carbons (Fsp3) is 0.0370. The van der Waals surface area contributed by atoms with Gasteiger partial charge in [0.25, 0.3) is 11.8 Å². The number of carbonyl (C=O) groups is 4. The van der Waals surface area contributed by atoms with Crippen LogP contribution in [-0.4, -0.2) is 30.2 Å². The molecule has 4 aromatic carbocycles. The Morgan fingerprint density at radius 1 is 0.743 bits per heavy atom. The van der Waals surface area contributed by atoms with Crippen LogP contribution in [0.5, 0.6) is 0 Å². The molecule has 0 aromatic heterocycles. The predicted octanol–water partition coefficient (Wildman–Crippen LogP) is 4.96. The van der Waals surface area contributed by atoms with E-state index in [9.17, 15) is 28.0 Å². The number of carbonyl (C=O) groups excluding carboxylic acids is 4. The molecule has 35 heavy (non-hydrogen) atoms. The van der Waals surface area contributed by atoms with E-state index in [1.807, 2.05) is 12.1 Å². The summed E-state index contributed by atoms with van der Waals surface area (Å²) < 4.78 is 31.3. The maximum atomic E-state index is 13.3. The van der Waals surface area contributed by atoms with Crippen LogP contribution in [0, 0.1) is 11.6 Å². The highest BCUT2D eigenvalue weighted by Crippen LogP contribution is 2.32. The van der Waals surface area contributed by atoms with E-state index in [0.29, 0.717) is 16.5 Å². The second-order valence-corrected chi connectivity index (χ2v) is 7.83. The number of esters is 1. The van der Waals surface area contributed by atoms with Gasteiger partial charge in [-0.15, -0.1) is 0 Å². The Kier molecular flexibility index (Phi) is 5.41. The molecule has 0 fully saturated rings. The number of amides is 2. The monoisotopic (exact) mass is 471 g/mol. The quantitative estimate of drug-likeness (QED) is 0.234. The van der Waals surface area contributed by atoms with Crippen LogP contribution in [-0.2, 0) is 4.74 Å². The van der Waals surface area contributed by atoms with Crippen molar-refractivity contribution in [1.82, 2.24) is 0 Å². The van der Waals surface area contributed by atoms with Crippen molar-refractivity contribution in [2.24, 2.45) is 0 Å². The molecule has 0 N–H and O–H groups in total. The van der Waals surface area contributed by atoms with Gasteiger partial charge in [-0.25, -0.2) is 18.5 Å². The fourth-order valence-corrected chi connectivity index (χ4v) is 3.98. The summed E-state index contributed by atoms with van der Waals surface area (Å²) in [7, 11) is 0. The van der Waals surface area contributed by atoms with Gasteiger partial charge in [-0.3, -0.25) is 14.4 Å². The zero-order valence-electron chi connectivity index (χ0n) is 18.0. The number of halogens is 2. The van der Waals surface area contributed by atoms with Crippen LogP contribution >= 0.6 is 0 Å². The Labute approximate surface area is 197 Å². The van der Waals surface area contributed by atoms with Crippen LogP contribution < -0.4 is 4.90 Å². The lowest BCUT2D eigenvalue weighted by Gasteiger charge is -2.27. The smallest absolute Gasteiger partial charge is 0.338 e. The van der Waals surface area contributed by atoms with Gasteiger partial charge < -0.3 is 4.74 Å². The van der Waals surface area contributed by atoms with Crippen molar-refractivity contribution in [3.8, 4) is 0 Å². The first kappa shape index (κ1) is 22.1. The van der Waals surface area contributed by atoms with Crippen molar-refractivity contribution >= 4 is 40.0 Å². The van der Waals surface area contributed by atoms with E-state index in [0.717, 1.165) is 28.5 Å². The van der Waals surface area contributed by atoms with Crippen LogP contribution in [0.15, 0.2) is 78.9 Å². The van der Waals surface area contributed by atoms with Gasteiger partial charge in [-0.05, 0) is 60.0 Å². The fourth-order valence-electron chi connectivity index (χ4n) is 3.98. The van der Waals surface area contributed by atoms with Crippen molar-refractivity contribution in [3.05, 3.63) is 113 Å². The summed E-state index contributed by atoms with van der Waals surface area (Å²) in [5.74, 6) is -4.77. The molecule has 0 atom stereocenters. The normalized spacial score (nSPS) is 12.7. The molecular formula is C27H15F2NO5. The molecule has 4 aromatic rings. The van der Waals surface area contributed by atoms with E-state index < -0.39 is 41.8 Å². The topological polar surface area (TPSA) is 80.8 Å². The van der Waals surface area contributed by atoms with Crippen LogP contribution in [0.1, 0.15) is 41.4 Å². The van der Waals surface area contributed by atoms with Gasteiger partial charge in [0.1, 0.15) is 0 Å². The molecule has 1 aliphatic heterocycles. The molecule has 0 bridgehead atoms. The van der Waals surface area contributed by atoms with Crippen molar-refractivity contribution in [1.29, 1.82) is 0 Å². The first-order chi connectivity index (χ1) is 16.8. The number of nitrogens with zero attached hydrogens (tertiary/aromatic N) is 1. The largest absolute Gasteiger partial charge is 0.454 e. The van der Waals surface area contributed by atoms with E-state index in [4.69, 9.17) is 4.74 Å². The number of ether oxygens (including phenoxy) is 1. The van der Waals surface area contributed by atoms with Crippen molar-refractivity contribution in [2.45, 2.75) is 0 Å². The Bertz CT molecular complexity index is 1490. The SMILES string of the molecule is O=C(COC(=O)c1ccc(N2C(=O)c3cccc4cccc(c34)C2=O)cc1)c1ccc(F)c(F)c1. The lowest BCUT2D eigenvalue weighted by molar-refractivity contribution is 0.0474. The minimum Gasteiger partial charge on any atom is -0.454 e. The summed E-state index contributed by atoms with van der Waals surface area (Å²) in [6, 6.07) is 18.7. The zero-order chi connectivity index (χ0) is 24.7. The molecule has 0 radical (unpaired) electrons. The number of Topliss-reactive ketones (excluding diaryl/α,β-unsaturated/α-hetero) is 1. The predicted molar refractivity (Wildman–Crippen MR) is 123 cm³/mol. The van der Waals surface area contributed by atoms with Gasteiger partial charge in [-0.2, -0.15) is 0 Å². The van der Waals surface area contributed by atoms with E-state index in [1.54, 1.807) is 24.3 Å². The average Bonchev–Trinajstić information content (AvgIpc) is 2.87. The van der Waals surface area contributed by atoms with Crippen molar-refractivity contribution < 1.29 is 32.7 Å². The molecule has 1 heterocycles. The highest BCUT2D eigenvalue weighted by molar-refractivity contribution is 6.35. The lowest BCUT2D eigenvalue weighted by atomic mass is 9.94. The Balaban J connectivity index is 1.33. The molecule has 8 heteroatoms. The lowest BCUT2D eigenvalue weighted by Crippen LogP contribution is -2.40. The molecule has 0 saturated heterocycles. The van der Waals surface area contributed by atoms with Crippen LogP contribution in [0.2, 0.25) is 0 Å². The van der Waals surface area contributed by atoms with Gasteiger partial charge in [-0.1, -0.05) is 24.3 Å². The number of anilines is 1. The van der Waals surface area contributed by atoms with Crippen LogP contribution in [0.25, 0.3) is 10.8 Å². The third kappa shape index (κ3) is 3.85. The number of ketones is 1. The van der Waals surface area contributed by atoms with Crippen LogP contribution in [0.4, 0.5) is 14.5 Å². The molecule has 6 nitrogen and oxygen atoms in total. The summed E-state index contributed by atoms with van der Waals surface area (Å²) in [4.78, 5) is 51.7. The Morgan fingerprint density at radius 3 is 1.94 bits per heavy atom. The maximum absolute atomic E-state index is 13.3. The van der Waals surface area contributed by atoms with Gasteiger partial charge in [0.15, 0.2) is 24.0 Å². The van der Waals surface area contributed by atoms with E-state index in [-0.39, 0.29) is 16.8 Å². The standard InChI is InChI=1S/C27H15F2NO5/c28-21-12-9-17(13-22(21)29)23(31)14-35-27(34)16-7-10-18(11-8-16)30-25(32)19-5-1-3-15-4-2-6-20(24(15)19)26(30)33/h1-13H,14H2. The molecule has 0 unspecified atom stereocenters. The second kappa shape index (κ2) is 8.57. The first-order valence-electron chi connectivity index (χ1n) is 10.5. The molecule has 2 amide bonds. The third-order valence-corrected chi connectivity index (χ3v) is 5.71. The summed E-state index contributed by atoms with van der Waals surface area (Å²) in [6.45, 7) is -0.671. The van der Waals surface area contributed by atoms with Gasteiger partial charge >= 0.3 is 5.97 Å². The average molecular weight is 471 g/mol. The molecule has 0 aliphatic carbocycles. The highest BCUT2D eigenvalue weighted by atomic mass is 19.2. The van der Waals surface area contributed by atoms with Gasteiger partial charge in [0.05, 0.1) is 11.3 Å². The second-order valence-electron chi connectivity index (χ2n) is 7.83. The molecule has 172 valence electrons. The molecule has 5 rings (SSSR count). The van der Waals surface area contributed by atoms with Crippen LogP contribution in [0.3, 0.4) is 0 Å². The summed E-state index contributed by atoms with van der Waals surface area (Å²) in [5, 5.41) is 1.39. The van der Waals surface area contributed by atoms with Crippen molar-refractivity contribution in [3.63, 3.8) is 0 Å². The molecule has 0 spiro atoms. The van der Waals surface area contributed by atoms with Crippen molar-refractivity contribution in [2.75, 3.05) is 11.5 Å². The summed E-state index contributed by atoms with van der Waals surface area (Å²) in [5.41, 5.74) is 1.01. The van der Waals surface area contributed by atoms with Gasteiger partial charge in [0, 0.05) is 22.1 Å². The van der Waals surface area contributed by atoms with E-state index in [1.165, 1.54) is 24.3 Å². The first-order valence-corrected chi connectivity index (χ1v) is 10.5. The van der Waals surface area contributed by atoms with E-state index >= 15 is 0 Å². The number of hydrogen-bond donors (Lipinski definition) is 0. The summed E-state index contributed by atoms with van der Waals surface area (Å²) >= 11 is 0.